The molecule has 7 heteroatoms. The predicted octanol–water partition coefficient (Wildman–Crippen LogP) is 4.88. The van der Waals surface area contributed by atoms with Gasteiger partial charge in [-0.15, -0.1) is 4.91 Å². The number of rotatable bonds is 7. The molecule has 0 unspecified atom stereocenters. The summed E-state index contributed by atoms with van der Waals surface area (Å²) in [6.07, 6.45) is 0.596. The van der Waals surface area contributed by atoms with Crippen molar-refractivity contribution in [3.63, 3.8) is 0 Å². The minimum atomic E-state index is -0.185. The minimum absolute atomic E-state index is 0.00291. The summed E-state index contributed by atoms with van der Waals surface area (Å²) in [6, 6.07) is 12.5. The summed E-state index contributed by atoms with van der Waals surface area (Å²) in [5.41, 5.74) is 0.594. The van der Waals surface area contributed by atoms with E-state index in [1.54, 1.807) is 29.9 Å². The lowest BCUT2D eigenvalue weighted by Gasteiger charge is -2.11. The Balaban J connectivity index is 1.76. The van der Waals surface area contributed by atoms with E-state index >= 15 is 0 Å². The van der Waals surface area contributed by atoms with Crippen LogP contribution >= 0.6 is 11.6 Å². The molecule has 1 aromatic heterocycles. The van der Waals surface area contributed by atoms with Crippen LogP contribution in [-0.4, -0.2) is 23.4 Å². The van der Waals surface area contributed by atoms with Gasteiger partial charge in [0.15, 0.2) is 17.2 Å². The summed E-state index contributed by atoms with van der Waals surface area (Å²) in [7, 11) is 1.59. The van der Waals surface area contributed by atoms with Crippen LogP contribution in [0.4, 0.5) is 5.69 Å². The number of halogens is 1. The molecule has 130 valence electrons. The van der Waals surface area contributed by atoms with Crippen LogP contribution in [0.25, 0.3) is 10.9 Å². The lowest BCUT2D eigenvalue weighted by Crippen LogP contribution is -2.05. The zero-order valence-electron chi connectivity index (χ0n) is 13.6. The molecule has 0 saturated carbocycles. The molecule has 25 heavy (non-hydrogen) atoms. The van der Waals surface area contributed by atoms with Crippen LogP contribution in [0.5, 0.6) is 17.4 Å². The van der Waals surface area contributed by atoms with Gasteiger partial charge >= 0.3 is 0 Å². The van der Waals surface area contributed by atoms with Gasteiger partial charge in [0.2, 0.25) is 5.88 Å². The highest BCUT2D eigenvalue weighted by Gasteiger charge is 2.19. The van der Waals surface area contributed by atoms with Crippen LogP contribution in [0.15, 0.2) is 47.6 Å². The number of aromatic nitrogens is 1. The minimum Gasteiger partial charge on any atom is -0.493 e. The summed E-state index contributed by atoms with van der Waals surface area (Å²) >= 11 is 6.23. The zero-order chi connectivity index (χ0) is 17.8. The number of aromatic hydroxyl groups is 1. The number of aryl methyl sites for hydroxylation is 1. The fourth-order valence-electron chi connectivity index (χ4n) is 2.79. The highest BCUT2D eigenvalue weighted by Crippen LogP contribution is 2.41. The van der Waals surface area contributed by atoms with Crippen LogP contribution in [-0.2, 0) is 6.54 Å². The maximum absolute atomic E-state index is 11.0. The van der Waals surface area contributed by atoms with Crippen molar-refractivity contribution in [3.05, 3.63) is 52.4 Å². The summed E-state index contributed by atoms with van der Waals surface area (Å²) in [6.45, 7) is 0.838. The number of hydrogen-bond acceptors (Lipinski definition) is 5. The normalized spacial score (nSPS) is 10.8. The topological polar surface area (TPSA) is 73.1 Å². The number of fused-ring (bicyclic) bond motifs is 1. The summed E-state index contributed by atoms with van der Waals surface area (Å²) < 4.78 is 12.5. The van der Waals surface area contributed by atoms with Gasteiger partial charge in [0.1, 0.15) is 0 Å². The Morgan fingerprint density at radius 2 is 1.92 bits per heavy atom. The molecule has 0 aliphatic heterocycles. The van der Waals surface area contributed by atoms with Crippen LogP contribution in [0, 0.1) is 4.91 Å². The van der Waals surface area contributed by atoms with Gasteiger partial charge < -0.3 is 19.1 Å². The Morgan fingerprint density at radius 3 is 2.64 bits per heavy atom. The molecule has 0 bridgehead atoms. The molecule has 0 radical (unpaired) electrons. The largest absolute Gasteiger partial charge is 0.493 e. The maximum atomic E-state index is 11.0. The quantitative estimate of drug-likeness (QED) is 0.481. The third-order valence-corrected chi connectivity index (χ3v) is 4.23. The molecule has 0 amide bonds. The van der Waals surface area contributed by atoms with Crippen molar-refractivity contribution in [2.24, 2.45) is 5.18 Å². The summed E-state index contributed by atoms with van der Waals surface area (Å²) in [5.74, 6) is 1.13. The number of nitrogens with zero attached hydrogens (tertiary/aromatic N) is 2. The standard InChI is InChI=1S/C18H17ClN2O4/c1-24-14-8-2-3-9-15(14)25-11-5-10-21-17-12(6-4-7-13(17)19)16(20-23)18(21)22/h2-4,6-9,22H,5,10-11H2,1H3. The van der Waals surface area contributed by atoms with E-state index in [1.807, 2.05) is 24.3 Å². The van der Waals surface area contributed by atoms with Gasteiger partial charge in [0.25, 0.3) is 0 Å². The average Bonchev–Trinajstić information content (AvgIpc) is 2.91. The van der Waals surface area contributed by atoms with Crippen LogP contribution in [0.2, 0.25) is 5.02 Å². The number of nitroso groups, excluding NO2 is 1. The van der Waals surface area contributed by atoms with E-state index in [4.69, 9.17) is 21.1 Å². The Hall–Kier alpha value is -2.73. The first-order chi connectivity index (χ1) is 12.2. The maximum Gasteiger partial charge on any atom is 0.222 e. The lowest BCUT2D eigenvalue weighted by atomic mass is 10.2. The third kappa shape index (κ3) is 3.25. The molecule has 1 N–H and O–H groups in total. The van der Waals surface area contributed by atoms with Gasteiger partial charge in [-0.25, -0.2) is 0 Å². The van der Waals surface area contributed by atoms with E-state index < -0.39 is 0 Å². The van der Waals surface area contributed by atoms with E-state index in [1.165, 1.54) is 0 Å². The second-order valence-corrected chi connectivity index (χ2v) is 5.81. The third-order valence-electron chi connectivity index (χ3n) is 3.92. The highest BCUT2D eigenvalue weighted by atomic mass is 35.5. The molecule has 0 atom stereocenters. The van der Waals surface area contributed by atoms with Crippen LogP contribution in [0.3, 0.4) is 0 Å². The fourth-order valence-corrected chi connectivity index (χ4v) is 3.06. The van der Waals surface area contributed by atoms with Crippen molar-refractivity contribution in [2.75, 3.05) is 13.7 Å². The van der Waals surface area contributed by atoms with E-state index in [9.17, 15) is 10.0 Å². The molecule has 0 aliphatic carbocycles. The molecular weight excluding hydrogens is 344 g/mol. The Bertz CT molecular complexity index is 907. The predicted molar refractivity (Wildman–Crippen MR) is 97.2 cm³/mol. The van der Waals surface area contributed by atoms with E-state index in [-0.39, 0.29) is 11.6 Å². The number of hydrogen-bond donors (Lipinski definition) is 1. The van der Waals surface area contributed by atoms with Crippen molar-refractivity contribution >= 4 is 28.2 Å². The fraction of sp³-hybridized carbons (Fsp3) is 0.222. The first-order valence-electron chi connectivity index (χ1n) is 7.76. The van der Waals surface area contributed by atoms with Crippen molar-refractivity contribution in [1.82, 2.24) is 4.57 Å². The van der Waals surface area contributed by atoms with Gasteiger partial charge in [-0.05, 0) is 29.8 Å². The molecule has 0 spiro atoms. The molecule has 0 aliphatic rings. The van der Waals surface area contributed by atoms with E-state index in [2.05, 4.69) is 5.18 Å². The first-order valence-corrected chi connectivity index (χ1v) is 8.14. The van der Waals surface area contributed by atoms with Gasteiger partial charge in [-0.1, -0.05) is 35.9 Å². The second kappa shape index (κ2) is 7.44. The number of methoxy groups -OCH3 is 1. The summed E-state index contributed by atoms with van der Waals surface area (Å²) in [5, 5.41) is 14.2. The SMILES string of the molecule is COc1ccccc1OCCCn1c(O)c(N=O)c2cccc(Cl)c21. The second-order valence-electron chi connectivity index (χ2n) is 5.40. The van der Waals surface area contributed by atoms with E-state index in [0.717, 1.165) is 0 Å². The van der Waals surface area contributed by atoms with Crippen LogP contribution < -0.4 is 9.47 Å². The zero-order valence-corrected chi connectivity index (χ0v) is 14.4. The van der Waals surface area contributed by atoms with E-state index in [0.29, 0.717) is 47.0 Å². The van der Waals surface area contributed by atoms with Crippen molar-refractivity contribution < 1.29 is 14.6 Å². The molecular formula is C18H17ClN2O4. The van der Waals surface area contributed by atoms with Gasteiger partial charge in [-0.3, -0.25) is 0 Å². The molecule has 6 nitrogen and oxygen atoms in total. The molecule has 3 rings (SSSR count). The molecule has 3 aromatic rings. The lowest BCUT2D eigenvalue weighted by molar-refractivity contribution is 0.280. The van der Waals surface area contributed by atoms with Crippen molar-refractivity contribution in [2.45, 2.75) is 13.0 Å². The monoisotopic (exact) mass is 360 g/mol. The smallest absolute Gasteiger partial charge is 0.222 e. The summed E-state index contributed by atoms with van der Waals surface area (Å²) in [4.78, 5) is 11.0. The Labute approximate surface area is 149 Å². The molecule has 0 fully saturated rings. The molecule has 0 saturated heterocycles. The first kappa shape index (κ1) is 17.1. The Kier molecular flexibility index (Phi) is 5.09. The van der Waals surface area contributed by atoms with Crippen LogP contribution in [0.1, 0.15) is 6.42 Å². The van der Waals surface area contributed by atoms with Crippen molar-refractivity contribution in [1.29, 1.82) is 0 Å². The van der Waals surface area contributed by atoms with Gasteiger partial charge in [0, 0.05) is 11.9 Å². The number of benzene rings is 2. The molecule has 2 aromatic carbocycles. The Morgan fingerprint density at radius 1 is 1.16 bits per heavy atom. The number of para-hydroxylation sites is 3. The highest BCUT2D eigenvalue weighted by molar-refractivity contribution is 6.35. The van der Waals surface area contributed by atoms with Gasteiger partial charge in [0.05, 0.1) is 24.3 Å². The van der Waals surface area contributed by atoms with Crippen molar-refractivity contribution in [3.8, 4) is 17.4 Å². The number of ether oxygens (including phenoxy) is 2. The average molecular weight is 361 g/mol. The van der Waals surface area contributed by atoms with Gasteiger partial charge in [-0.2, -0.15) is 0 Å². The molecule has 1 heterocycles.